The summed E-state index contributed by atoms with van der Waals surface area (Å²) in [5.74, 6) is 0.455. The van der Waals surface area contributed by atoms with Crippen LogP contribution in [0.15, 0.2) is 48.5 Å². The number of rotatable bonds is 9. The van der Waals surface area contributed by atoms with Gasteiger partial charge in [0.05, 0.1) is 25.0 Å². The second-order valence-corrected chi connectivity index (χ2v) is 6.33. The summed E-state index contributed by atoms with van der Waals surface area (Å²) < 4.78 is 50.0. The lowest BCUT2D eigenvalue weighted by Crippen LogP contribution is -2.14. The molecule has 4 nitrogen and oxygen atoms in total. The lowest BCUT2D eigenvalue weighted by molar-refractivity contribution is -0.136. The fourth-order valence-electron chi connectivity index (χ4n) is 2.63. The number of carbonyl (C=O) groups excluding carboxylic acids is 1. The van der Waals surface area contributed by atoms with Crippen molar-refractivity contribution < 1.29 is 27.4 Å². The van der Waals surface area contributed by atoms with Crippen LogP contribution in [-0.2, 0) is 11.0 Å². The van der Waals surface area contributed by atoms with Gasteiger partial charge in [0.25, 0.3) is 0 Å². The fraction of sp³-hybridized carbons (Fsp3) is 0.318. The van der Waals surface area contributed by atoms with Crippen molar-refractivity contribution in [1.29, 1.82) is 0 Å². The highest BCUT2D eigenvalue weighted by Crippen LogP contribution is 2.34. The van der Waals surface area contributed by atoms with E-state index in [4.69, 9.17) is 9.47 Å². The molecular formula is C22H24F3NO3. The Morgan fingerprint density at radius 2 is 1.86 bits per heavy atom. The third-order valence-electron chi connectivity index (χ3n) is 4.11. The maximum Gasteiger partial charge on any atom is 0.418 e. The van der Waals surface area contributed by atoms with E-state index in [1.807, 2.05) is 0 Å². The number of carbonyl (C=O) groups is 1. The molecular weight excluding hydrogens is 383 g/mol. The number of ether oxygens (including phenoxy) is 2. The number of benzene rings is 2. The normalized spacial score (nSPS) is 11.5. The van der Waals surface area contributed by atoms with Gasteiger partial charge < -0.3 is 14.8 Å². The van der Waals surface area contributed by atoms with E-state index in [9.17, 15) is 18.0 Å². The molecule has 0 unspecified atom stereocenters. The van der Waals surface area contributed by atoms with E-state index in [1.54, 1.807) is 18.2 Å². The Morgan fingerprint density at radius 1 is 1.10 bits per heavy atom. The molecule has 0 bridgehead atoms. The molecule has 156 valence electrons. The maximum atomic E-state index is 13.0. The second-order valence-electron chi connectivity index (χ2n) is 6.33. The molecule has 0 aromatic heterocycles. The number of amides is 1. The Morgan fingerprint density at radius 3 is 2.55 bits per heavy atom. The average molecular weight is 407 g/mol. The number of halogens is 3. The average Bonchev–Trinajstić information content (AvgIpc) is 2.69. The molecule has 7 heteroatoms. The first-order valence-corrected chi connectivity index (χ1v) is 9.31. The van der Waals surface area contributed by atoms with Crippen molar-refractivity contribution in [2.24, 2.45) is 0 Å². The smallest absolute Gasteiger partial charge is 0.418 e. The first-order chi connectivity index (χ1) is 13.8. The number of nitrogens with one attached hydrogen (secondary N) is 1. The summed E-state index contributed by atoms with van der Waals surface area (Å²) in [4.78, 5) is 12.1. The number of methoxy groups -OCH3 is 1. The number of hydrogen-bond acceptors (Lipinski definition) is 3. The molecule has 0 radical (unpaired) electrons. The lowest BCUT2D eigenvalue weighted by Gasteiger charge is -2.12. The molecule has 1 amide bonds. The Balaban J connectivity index is 2.05. The zero-order valence-corrected chi connectivity index (χ0v) is 16.4. The van der Waals surface area contributed by atoms with Gasteiger partial charge >= 0.3 is 6.18 Å². The first-order valence-electron chi connectivity index (χ1n) is 9.31. The zero-order chi connectivity index (χ0) is 21.3. The van der Waals surface area contributed by atoms with Crippen LogP contribution in [0.5, 0.6) is 11.5 Å². The highest BCUT2D eigenvalue weighted by molar-refractivity contribution is 6.02. The van der Waals surface area contributed by atoms with Crippen molar-refractivity contribution >= 4 is 17.7 Å². The summed E-state index contributed by atoms with van der Waals surface area (Å²) in [6, 6.07) is 10.0. The van der Waals surface area contributed by atoms with Gasteiger partial charge in [0, 0.05) is 6.08 Å². The fourth-order valence-corrected chi connectivity index (χ4v) is 2.63. The molecule has 1 N–H and O–H groups in total. The van der Waals surface area contributed by atoms with Crippen LogP contribution in [0.25, 0.3) is 6.08 Å². The molecule has 0 aliphatic rings. The van der Waals surface area contributed by atoms with E-state index in [0.717, 1.165) is 25.3 Å². The third-order valence-corrected chi connectivity index (χ3v) is 4.11. The highest BCUT2D eigenvalue weighted by Gasteiger charge is 2.33. The summed E-state index contributed by atoms with van der Waals surface area (Å²) >= 11 is 0. The molecule has 0 spiro atoms. The van der Waals surface area contributed by atoms with Gasteiger partial charge in [0.1, 0.15) is 0 Å². The molecule has 0 fully saturated rings. The van der Waals surface area contributed by atoms with Crippen molar-refractivity contribution in [2.75, 3.05) is 19.0 Å². The van der Waals surface area contributed by atoms with Crippen LogP contribution in [0.4, 0.5) is 18.9 Å². The monoisotopic (exact) mass is 407 g/mol. The number of anilines is 1. The SMILES string of the molecule is CCCCCOc1ccc(/C=C/C(=O)Nc2ccccc2C(F)(F)F)cc1OC. The predicted octanol–water partition coefficient (Wildman–Crippen LogP) is 5.93. The summed E-state index contributed by atoms with van der Waals surface area (Å²) in [7, 11) is 1.52. The van der Waals surface area contributed by atoms with Crippen LogP contribution >= 0.6 is 0 Å². The molecule has 2 aromatic rings. The van der Waals surface area contributed by atoms with Gasteiger partial charge in [0.15, 0.2) is 11.5 Å². The molecule has 0 heterocycles. The van der Waals surface area contributed by atoms with Crippen molar-refractivity contribution in [3.8, 4) is 11.5 Å². The maximum absolute atomic E-state index is 13.0. The topological polar surface area (TPSA) is 47.6 Å². The Labute approximate surface area is 168 Å². The predicted molar refractivity (Wildman–Crippen MR) is 107 cm³/mol. The molecule has 2 aromatic carbocycles. The summed E-state index contributed by atoms with van der Waals surface area (Å²) in [5, 5.41) is 2.27. The van der Waals surface area contributed by atoms with E-state index in [1.165, 1.54) is 37.5 Å². The van der Waals surface area contributed by atoms with Crippen LogP contribution in [0, 0.1) is 0 Å². The minimum Gasteiger partial charge on any atom is -0.493 e. The molecule has 0 aliphatic heterocycles. The summed E-state index contributed by atoms with van der Waals surface area (Å²) in [6.45, 7) is 2.69. The molecule has 0 aliphatic carbocycles. The molecule has 0 atom stereocenters. The molecule has 2 rings (SSSR count). The quantitative estimate of drug-likeness (QED) is 0.414. The largest absolute Gasteiger partial charge is 0.493 e. The lowest BCUT2D eigenvalue weighted by atomic mass is 10.1. The van der Waals surface area contributed by atoms with Crippen LogP contribution in [0.1, 0.15) is 37.3 Å². The van der Waals surface area contributed by atoms with Crippen LogP contribution in [-0.4, -0.2) is 19.6 Å². The number of unbranched alkanes of at least 4 members (excludes halogenated alkanes) is 2. The molecule has 0 saturated heterocycles. The number of alkyl halides is 3. The summed E-state index contributed by atoms with van der Waals surface area (Å²) in [5.41, 5.74) is -0.530. The van der Waals surface area contributed by atoms with Gasteiger partial charge in [-0.2, -0.15) is 13.2 Å². The van der Waals surface area contributed by atoms with Gasteiger partial charge in [-0.1, -0.05) is 38.0 Å². The third kappa shape index (κ3) is 6.85. The van der Waals surface area contributed by atoms with Gasteiger partial charge in [0.2, 0.25) is 5.91 Å². The standard InChI is InChI=1S/C22H24F3NO3/c1-3-4-7-14-29-19-12-10-16(15-20(19)28-2)11-13-21(27)26-18-9-6-5-8-17(18)22(23,24)25/h5-6,8-13,15H,3-4,7,14H2,1-2H3,(H,26,27)/b13-11+. The highest BCUT2D eigenvalue weighted by atomic mass is 19.4. The number of para-hydroxylation sites is 1. The van der Waals surface area contributed by atoms with Crippen LogP contribution in [0.3, 0.4) is 0 Å². The van der Waals surface area contributed by atoms with Gasteiger partial charge in [-0.3, -0.25) is 4.79 Å². The Kier molecular flexibility index (Phi) is 8.12. The number of hydrogen-bond donors (Lipinski definition) is 1. The van der Waals surface area contributed by atoms with Gasteiger partial charge in [-0.25, -0.2) is 0 Å². The van der Waals surface area contributed by atoms with E-state index >= 15 is 0 Å². The van der Waals surface area contributed by atoms with Crippen molar-refractivity contribution in [3.05, 3.63) is 59.7 Å². The minimum absolute atomic E-state index is 0.289. The van der Waals surface area contributed by atoms with E-state index < -0.39 is 17.6 Å². The van der Waals surface area contributed by atoms with Gasteiger partial charge in [-0.05, 0) is 42.3 Å². The zero-order valence-electron chi connectivity index (χ0n) is 16.4. The van der Waals surface area contributed by atoms with Gasteiger partial charge in [-0.15, -0.1) is 0 Å². The van der Waals surface area contributed by atoms with E-state index in [-0.39, 0.29) is 5.69 Å². The van der Waals surface area contributed by atoms with E-state index in [2.05, 4.69) is 12.2 Å². The van der Waals surface area contributed by atoms with Crippen LogP contribution in [0.2, 0.25) is 0 Å². The van der Waals surface area contributed by atoms with Crippen LogP contribution < -0.4 is 14.8 Å². The first kappa shape index (κ1) is 22.3. The van der Waals surface area contributed by atoms with Crippen molar-refractivity contribution in [1.82, 2.24) is 0 Å². The second kappa shape index (κ2) is 10.5. The summed E-state index contributed by atoms with van der Waals surface area (Å²) in [6.07, 6.45) is 1.24. The molecule has 0 saturated carbocycles. The minimum atomic E-state index is -4.55. The van der Waals surface area contributed by atoms with E-state index in [0.29, 0.717) is 23.7 Å². The van der Waals surface area contributed by atoms with Crippen molar-refractivity contribution in [2.45, 2.75) is 32.4 Å². The molecule has 29 heavy (non-hydrogen) atoms. The van der Waals surface area contributed by atoms with Crippen molar-refractivity contribution in [3.63, 3.8) is 0 Å². The Bertz CT molecular complexity index is 847. The Hall–Kier alpha value is -2.96.